The lowest BCUT2D eigenvalue weighted by atomic mass is 10.1. The monoisotopic (exact) mass is 388 g/mol. The molecule has 7 heteroatoms. The van der Waals surface area contributed by atoms with E-state index < -0.39 is 10.0 Å². The molecule has 2 heterocycles. The van der Waals surface area contributed by atoms with Crippen molar-refractivity contribution >= 4 is 39.1 Å². The van der Waals surface area contributed by atoms with Crippen molar-refractivity contribution in [3.8, 4) is 0 Å². The number of sulfonamides is 1. The third-order valence-corrected chi connectivity index (χ3v) is 7.52. The van der Waals surface area contributed by atoms with E-state index >= 15 is 0 Å². The molecule has 2 aromatic carbocycles. The van der Waals surface area contributed by atoms with Crippen molar-refractivity contribution in [3.63, 3.8) is 0 Å². The van der Waals surface area contributed by atoms with E-state index in [1.54, 1.807) is 28.8 Å². The van der Waals surface area contributed by atoms with Gasteiger partial charge < -0.3 is 4.90 Å². The van der Waals surface area contributed by atoms with E-state index in [2.05, 4.69) is 11.6 Å². The van der Waals surface area contributed by atoms with E-state index in [-0.39, 0.29) is 17.2 Å². The maximum Gasteiger partial charge on any atom is 0.262 e. The summed E-state index contributed by atoms with van der Waals surface area (Å²) in [4.78, 5) is 15.3. The molecule has 0 bridgehead atoms. The molecule has 0 aliphatic carbocycles. The summed E-state index contributed by atoms with van der Waals surface area (Å²) >= 11 is 1.69. The van der Waals surface area contributed by atoms with E-state index in [1.165, 1.54) is 0 Å². The van der Waals surface area contributed by atoms with Gasteiger partial charge in [-0.05, 0) is 49.2 Å². The van der Waals surface area contributed by atoms with Crippen LogP contribution in [0.1, 0.15) is 23.6 Å². The Hall–Kier alpha value is -1.99. The van der Waals surface area contributed by atoms with Crippen LogP contribution >= 0.6 is 11.8 Å². The molecular formula is C19H20N2O3S2. The summed E-state index contributed by atoms with van der Waals surface area (Å²) < 4.78 is 28.7. The SMILES string of the molecule is Cc1ccc(NS(=O)(=O)c2ccc3c4c2CC(=O)N4CC(C)S3)cc1C. The zero-order chi connectivity index (χ0) is 18.6. The van der Waals surface area contributed by atoms with E-state index in [1.807, 2.05) is 32.0 Å². The smallest absolute Gasteiger partial charge is 0.262 e. The van der Waals surface area contributed by atoms with E-state index in [0.717, 1.165) is 21.7 Å². The van der Waals surface area contributed by atoms with Crippen LogP contribution in [0.25, 0.3) is 0 Å². The van der Waals surface area contributed by atoms with Gasteiger partial charge in [0.1, 0.15) is 0 Å². The molecule has 0 saturated heterocycles. The molecule has 26 heavy (non-hydrogen) atoms. The first kappa shape index (κ1) is 17.4. The first-order chi connectivity index (χ1) is 12.3. The van der Waals surface area contributed by atoms with Gasteiger partial charge in [-0.25, -0.2) is 8.42 Å². The van der Waals surface area contributed by atoms with Crippen molar-refractivity contribution in [2.45, 2.75) is 42.2 Å². The summed E-state index contributed by atoms with van der Waals surface area (Å²) in [6.45, 7) is 6.62. The maximum absolute atomic E-state index is 13.0. The summed E-state index contributed by atoms with van der Waals surface area (Å²) in [5, 5.41) is 0.300. The topological polar surface area (TPSA) is 66.5 Å². The van der Waals surface area contributed by atoms with Crippen LogP contribution in [0, 0.1) is 13.8 Å². The van der Waals surface area contributed by atoms with Gasteiger partial charge in [0.15, 0.2) is 0 Å². The van der Waals surface area contributed by atoms with Crippen LogP contribution in [0.15, 0.2) is 40.1 Å². The molecule has 2 aliphatic rings. The number of aryl methyl sites for hydroxylation is 2. The third kappa shape index (κ3) is 2.79. The Labute approximate surface area is 157 Å². The first-order valence-electron chi connectivity index (χ1n) is 8.49. The van der Waals surface area contributed by atoms with Crippen LogP contribution in [0.2, 0.25) is 0 Å². The lowest BCUT2D eigenvalue weighted by Gasteiger charge is -2.29. The van der Waals surface area contributed by atoms with Crippen molar-refractivity contribution < 1.29 is 13.2 Å². The number of benzene rings is 2. The molecule has 1 unspecified atom stereocenters. The maximum atomic E-state index is 13.0. The minimum atomic E-state index is -3.77. The molecule has 4 rings (SSSR count). The van der Waals surface area contributed by atoms with Gasteiger partial charge in [-0.2, -0.15) is 0 Å². The molecule has 1 atom stereocenters. The largest absolute Gasteiger partial charge is 0.310 e. The second-order valence-electron chi connectivity index (χ2n) is 6.90. The molecule has 2 aromatic rings. The Kier molecular flexibility index (Phi) is 4.04. The Balaban J connectivity index is 1.77. The number of anilines is 2. The fourth-order valence-corrected chi connectivity index (χ4v) is 5.94. The van der Waals surface area contributed by atoms with Crippen LogP contribution in [-0.2, 0) is 21.2 Å². The lowest BCUT2D eigenvalue weighted by Crippen LogP contribution is -2.35. The number of amides is 1. The standard InChI is InChI=1S/C19H20N2O3S2/c1-11-4-5-14(8-12(11)2)20-26(23,24)17-7-6-16-19-15(17)9-18(22)21(19)10-13(3)25-16/h4-8,13,20H,9-10H2,1-3H3. The number of nitrogens with one attached hydrogen (secondary N) is 1. The molecule has 0 fully saturated rings. The van der Waals surface area contributed by atoms with Crippen LogP contribution < -0.4 is 9.62 Å². The molecule has 1 amide bonds. The van der Waals surface area contributed by atoms with Crippen LogP contribution in [0.3, 0.4) is 0 Å². The van der Waals surface area contributed by atoms with Gasteiger partial charge in [0, 0.05) is 27.9 Å². The van der Waals surface area contributed by atoms with Crippen molar-refractivity contribution in [2.75, 3.05) is 16.2 Å². The number of thioether (sulfide) groups is 1. The van der Waals surface area contributed by atoms with Crippen LogP contribution in [-0.4, -0.2) is 26.1 Å². The molecule has 2 aliphatic heterocycles. The Bertz CT molecular complexity index is 1030. The zero-order valence-corrected chi connectivity index (χ0v) is 16.5. The fourth-order valence-electron chi connectivity index (χ4n) is 3.50. The van der Waals surface area contributed by atoms with Gasteiger partial charge in [-0.3, -0.25) is 9.52 Å². The number of carbonyl (C=O) groups excluding carboxylic acids is 1. The highest BCUT2D eigenvalue weighted by Crippen LogP contribution is 2.46. The van der Waals surface area contributed by atoms with Gasteiger partial charge in [0.05, 0.1) is 17.0 Å². The summed E-state index contributed by atoms with van der Waals surface area (Å²) in [5.74, 6) is -0.0257. The molecule has 0 aromatic heterocycles. The molecule has 0 saturated carbocycles. The predicted molar refractivity (Wildman–Crippen MR) is 105 cm³/mol. The Morgan fingerprint density at radius 2 is 1.92 bits per heavy atom. The third-order valence-electron chi connectivity index (χ3n) is 4.92. The predicted octanol–water partition coefficient (Wildman–Crippen LogP) is 3.49. The van der Waals surface area contributed by atoms with Gasteiger partial charge in [-0.15, -0.1) is 11.8 Å². The minimum Gasteiger partial charge on any atom is -0.310 e. The zero-order valence-electron chi connectivity index (χ0n) is 14.9. The normalized spacial score (nSPS) is 18.8. The number of carbonyl (C=O) groups is 1. The number of nitrogens with zero attached hydrogens (tertiary/aromatic N) is 1. The molecule has 0 spiro atoms. The van der Waals surface area contributed by atoms with E-state index in [9.17, 15) is 13.2 Å². The summed E-state index contributed by atoms with van der Waals surface area (Å²) in [6, 6.07) is 8.91. The molecule has 1 N–H and O–H groups in total. The minimum absolute atomic E-state index is 0.0257. The van der Waals surface area contributed by atoms with Crippen molar-refractivity contribution in [3.05, 3.63) is 47.0 Å². The Morgan fingerprint density at radius 3 is 2.65 bits per heavy atom. The first-order valence-corrected chi connectivity index (χ1v) is 10.9. The number of rotatable bonds is 3. The second-order valence-corrected chi connectivity index (χ2v) is 10.0. The molecule has 5 nitrogen and oxygen atoms in total. The summed E-state index contributed by atoms with van der Waals surface area (Å²) in [7, 11) is -3.77. The quantitative estimate of drug-likeness (QED) is 0.874. The highest BCUT2D eigenvalue weighted by Gasteiger charge is 2.38. The second kappa shape index (κ2) is 6.03. The average molecular weight is 389 g/mol. The number of hydrogen-bond donors (Lipinski definition) is 1. The van der Waals surface area contributed by atoms with Gasteiger partial charge >= 0.3 is 0 Å². The van der Waals surface area contributed by atoms with Crippen molar-refractivity contribution in [1.82, 2.24) is 0 Å². The van der Waals surface area contributed by atoms with Crippen molar-refractivity contribution in [2.24, 2.45) is 0 Å². The fraction of sp³-hybridized carbons (Fsp3) is 0.316. The summed E-state index contributed by atoms with van der Waals surface area (Å²) in [5.41, 5.74) is 4.05. The van der Waals surface area contributed by atoms with Crippen molar-refractivity contribution in [1.29, 1.82) is 0 Å². The molecule has 136 valence electrons. The Morgan fingerprint density at radius 1 is 1.15 bits per heavy atom. The van der Waals surface area contributed by atoms with Gasteiger partial charge in [0.2, 0.25) is 5.91 Å². The number of hydrogen-bond acceptors (Lipinski definition) is 4. The van der Waals surface area contributed by atoms with E-state index in [0.29, 0.717) is 23.0 Å². The molecular weight excluding hydrogens is 368 g/mol. The molecule has 0 radical (unpaired) electrons. The summed E-state index contributed by atoms with van der Waals surface area (Å²) in [6.07, 6.45) is 0.139. The van der Waals surface area contributed by atoms with Gasteiger partial charge in [-0.1, -0.05) is 13.0 Å². The highest BCUT2D eigenvalue weighted by atomic mass is 32.2. The van der Waals surface area contributed by atoms with Gasteiger partial charge in [0.25, 0.3) is 10.0 Å². The van der Waals surface area contributed by atoms with Crippen LogP contribution in [0.5, 0.6) is 0 Å². The average Bonchev–Trinajstić information content (AvgIpc) is 2.88. The van der Waals surface area contributed by atoms with E-state index in [4.69, 9.17) is 0 Å². The lowest BCUT2D eigenvalue weighted by molar-refractivity contribution is -0.117. The highest BCUT2D eigenvalue weighted by molar-refractivity contribution is 8.00. The van der Waals surface area contributed by atoms with Crippen LogP contribution in [0.4, 0.5) is 11.4 Å².